The Morgan fingerprint density at radius 2 is 1.83 bits per heavy atom. The zero-order valence-electron chi connectivity index (χ0n) is 12.9. The van der Waals surface area contributed by atoms with Crippen molar-refractivity contribution in [2.75, 3.05) is 13.7 Å². The van der Waals surface area contributed by atoms with E-state index >= 15 is 0 Å². The molecule has 0 aliphatic carbocycles. The first-order valence-electron chi connectivity index (χ1n) is 7.42. The van der Waals surface area contributed by atoms with Crippen LogP contribution in [0.5, 0.6) is 5.75 Å². The average Bonchev–Trinajstić information content (AvgIpc) is 2.55. The van der Waals surface area contributed by atoms with Gasteiger partial charge in [0, 0.05) is 13.0 Å². The molecular weight excluding hydrogens is 361 g/mol. The summed E-state index contributed by atoms with van der Waals surface area (Å²) in [6, 6.07) is 12.1. The van der Waals surface area contributed by atoms with Crippen molar-refractivity contribution in [1.29, 1.82) is 0 Å². The van der Waals surface area contributed by atoms with Gasteiger partial charge in [-0.3, -0.25) is 4.79 Å². The Kier molecular flexibility index (Phi) is 6.59. The van der Waals surface area contributed by atoms with Crippen LogP contribution in [0.25, 0.3) is 0 Å². The topological polar surface area (TPSA) is 38.3 Å². The molecule has 0 aliphatic rings. The number of carbonyl (C=O) groups is 1. The Morgan fingerprint density at radius 1 is 1.13 bits per heavy atom. The second kappa shape index (κ2) is 8.67. The third-order valence-corrected chi connectivity index (χ3v) is 4.13. The van der Waals surface area contributed by atoms with Gasteiger partial charge in [0.25, 0.3) is 0 Å². The smallest absolute Gasteiger partial charge is 0.220 e. The fraction of sp³-hybridized carbons (Fsp3) is 0.278. The molecule has 23 heavy (non-hydrogen) atoms. The standard InChI is InChI=1S/C18H19BrFNO2/c1-23-17-8-4-14(12-16(17)19)5-9-18(22)21-11-10-13-2-6-15(20)7-3-13/h2-4,6-8,12H,5,9-11H2,1H3,(H,21,22). The van der Waals surface area contributed by atoms with Crippen molar-refractivity contribution in [2.24, 2.45) is 0 Å². The van der Waals surface area contributed by atoms with Gasteiger partial charge in [-0.05, 0) is 64.2 Å². The Morgan fingerprint density at radius 3 is 2.48 bits per heavy atom. The molecule has 1 N–H and O–H groups in total. The highest BCUT2D eigenvalue weighted by molar-refractivity contribution is 9.10. The molecule has 0 aromatic heterocycles. The van der Waals surface area contributed by atoms with Crippen LogP contribution in [-0.2, 0) is 17.6 Å². The van der Waals surface area contributed by atoms with Crippen LogP contribution in [0.1, 0.15) is 17.5 Å². The summed E-state index contributed by atoms with van der Waals surface area (Å²) in [5, 5.41) is 2.88. The molecule has 0 fully saturated rings. The van der Waals surface area contributed by atoms with E-state index in [-0.39, 0.29) is 11.7 Å². The molecule has 3 nitrogen and oxygen atoms in total. The summed E-state index contributed by atoms with van der Waals surface area (Å²) in [7, 11) is 1.62. The van der Waals surface area contributed by atoms with Gasteiger partial charge in [0.05, 0.1) is 11.6 Å². The van der Waals surface area contributed by atoms with E-state index in [4.69, 9.17) is 4.74 Å². The van der Waals surface area contributed by atoms with Gasteiger partial charge in [0.15, 0.2) is 0 Å². The Bertz CT molecular complexity index is 659. The first-order chi connectivity index (χ1) is 11.1. The summed E-state index contributed by atoms with van der Waals surface area (Å²) in [5.74, 6) is 0.542. The molecule has 0 radical (unpaired) electrons. The Hall–Kier alpha value is -1.88. The minimum atomic E-state index is -0.247. The maximum atomic E-state index is 12.8. The number of amides is 1. The van der Waals surface area contributed by atoms with Gasteiger partial charge < -0.3 is 10.1 Å². The second-order valence-corrected chi connectivity index (χ2v) is 6.05. The number of rotatable bonds is 7. The van der Waals surface area contributed by atoms with Crippen molar-refractivity contribution in [1.82, 2.24) is 5.32 Å². The van der Waals surface area contributed by atoms with Gasteiger partial charge in [-0.2, -0.15) is 0 Å². The lowest BCUT2D eigenvalue weighted by molar-refractivity contribution is -0.121. The lowest BCUT2D eigenvalue weighted by atomic mass is 10.1. The molecular formula is C18H19BrFNO2. The molecule has 122 valence electrons. The van der Waals surface area contributed by atoms with Crippen LogP contribution in [0.15, 0.2) is 46.9 Å². The quantitative estimate of drug-likeness (QED) is 0.792. The number of ether oxygens (including phenoxy) is 1. The fourth-order valence-electron chi connectivity index (χ4n) is 2.21. The highest BCUT2D eigenvalue weighted by atomic mass is 79.9. The molecule has 0 bridgehead atoms. The van der Waals surface area contributed by atoms with E-state index in [2.05, 4.69) is 21.2 Å². The Balaban J connectivity index is 1.72. The number of hydrogen-bond donors (Lipinski definition) is 1. The molecule has 2 aromatic carbocycles. The van der Waals surface area contributed by atoms with Crippen LogP contribution in [-0.4, -0.2) is 19.6 Å². The summed E-state index contributed by atoms with van der Waals surface area (Å²) in [4.78, 5) is 11.9. The molecule has 1 amide bonds. The number of aryl methyl sites for hydroxylation is 1. The highest BCUT2D eigenvalue weighted by Crippen LogP contribution is 2.25. The van der Waals surface area contributed by atoms with E-state index in [0.29, 0.717) is 25.8 Å². The van der Waals surface area contributed by atoms with Crippen LogP contribution in [0.2, 0.25) is 0 Å². The molecule has 2 rings (SSSR count). The van der Waals surface area contributed by atoms with Crippen molar-refractivity contribution in [2.45, 2.75) is 19.3 Å². The number of benzene rings is 2. The SMILES string of the molecule is COc1ccc(CCC(=O)NCCc2ccc(F)cc2)cc1Br. The van der Waals surface area contributed by atoms with Gasteiger partial charge >= 0.3 is 0 Å². The first-order valence-corrected chi connectivity index (χ1v) is 8.21. The molecule has 5 heteroatoms. The van der Waals surface area contributed by atoms with Gasteiger partial charge in [0.2, 0.25) is 5.91 Å². The second-order valence-electron chi connectivity index (χ2n) is 5.20. The van der Waals surface area contributed by atoms with Crippen LogP contribution in [0.3, 0.4) is 0 Å². The van der Waals surface area contributed by atoms with E-state index in [1.54, 1.807) is 19.2 Å². The normalized spacial score (nSPS) is 10.4. The maximum absolute atomic E-state index is 12.8. The molecule has 0 spiro atoms. The van der Waals surface area contributed by atoms with Crippen molar-refractivity contribution in [3.63, 3.8) is 0 Å². The summed E-state index contributed by atoms with van der Waals surface area (Å²) < 4.78 is 18.9. The molecule has 0 unspecified atom stereocenters. The number of hydrogen-bond acceptors (Lipinski definition) is 2. The monoisotopic (exact) mass is 379 g/mol. The number of nitrogens with one attached hydrogen (secondary N) is 1. The van der Waals surface area contributed by atoms with E-state index < -0.39 is 0 Å². The van der Waals surface area contributed by atoms with Gasteiger partial charge in [-0.15, -0.1) is 0 Å². The maximum Gasteiger partial charge on any atom is 0.220 e. The van der Waals surface area contributed by atoms with Crippen molar-refractivity contribution in [3.05, 3.63) is 63.9 Å². The zero-order valence-corrected chi connectivity index (χ0v) is 14.5. The minimum absolute atomic E-state index is 0.0130. The molecule has 0 aliphatic heterocycles. The largest absolute Gasteiger partial charge is 0.496 e. The number of methoxy groups -OCH3 is 1. The van der Waals surface area contributed by atoms with E-state index in [1.165, 1.54) is 12.1 Å². The Labute approximate surface area is 144 Å². The molecule has 0 heterocycles. The van der Waals surface area contributed by atoms with Gasteiger partial charge in [0.1, 0.15) is 11.6 Å². The summed E-state index contributed by atoms with van der Waals surface area (Å²) >= 11 is 3.43. The predicted octanol–water partition coefficient (Wildman–Crippen LogP) is 3.89. The van der Waals surface area contributed by atoms with Gasteiger partial charge in [-0.1, -0.05) is 18.2 Å². The predicted molar refractivity (Wildman–Crippen MR) is 92.1 cm³/mol. The van der Waals surface area contributed by atoms with Crippen LogP contribution in [0, 0.1) is 5.82 Å². The van der Waals surface area contributed by atoms with Crippen LogP contribution >= 0.6 is 15.9 Å². The average molecular weight is 380 g/mol. The highest BCUT2D eigenvalue weighted by Gasteiger charge is 2.05. The number of carbonyl (C=O) groups excluding carboxylic acids is 1. The van der Waals surface area contributed by atoms with Crippen LogP contribution in [0.4, 0.5) is 4.39 Å². The lowest BCUT2D eigenvalue weighted by Crippen LogP contribution is -2.25. The van der Waals surface area contributed by atoms with E-state index in [1.807, 2.05) is 18.2 Å². The summed E-state index contributed by atoms with van der Waals surface area (Å²) in [5.41, 5.74) is 2.08. The van der Waals surface area contributed by atoms with Crippen molar-refractivity contribution >= 4 is 21.8 Å². The lowest BCUT2D eigenvalue weighted by Gasteiger charge is -2.07. The molecule has 0 saturated carbocycles. The summed E-state index contributed by atoms with van der Waals surface area (Å²) in [6.07, 6.45) is 1.80. The van der Waals surface area contributed by atoms with E-state index in [9.17, 15) is 9.18 Å². The molecule has 0 atom stereocenters. The van der Waals surface area contributed by atoms with Crippen LogP contribution < -0.4 is 10.1 Å². The fourth-order valence-corrected chi connectivity index (χ4v) is 2.80. The number of halogens is 2. The first kappa shape index (κ1) is 17.5. The third kappa shape index (κ3) is 5.67. The van der Waals surface area contributed by atoms with Crippen molar-refractivity contribution < 1.29 is 13.9 Å². The molecule has 0 saturated heterocycles. The van der Waals surface area contributed by atoms with Gasteiger partial charge in [-0.25, -0.2) is 4.39 Å². The summed E-state index contributed by atoms with van der Waals surface area (Å²) in [6.45, 7) is 0.552. The van der Waals surface area contributed by atoms with Crippen molar-refractivity contribution in [3.8, 4) is 5.75 Å². The third-order valence-electron chi connectivity index (χ3n) is 3.51. The molecule has 2 aromatic rings. The minimum Gasteiger partial charge on any atom is -0.496 e. The van der Waals surface area contributed by atoms with E-state index in [0.717, 1.165) is 21.3 Å². The zero-order chi connectivity index (χ0) is 16.7.